The molecule has 0 saturated carbocycles. The van der Waals surface area contributed by atoms with Gasteiger partial charge in [0.2, 0.25) is 0 Å². The molecule has 0 spiro atoms. The van der Waals surface area contributed by atoms with Crippen LogP contribution in [0.3, 0.4) is 0 Å². The number of aliphatic carboxylic acids is 1. The van der Waals surface area contributed by atoms with Gasteiger partial charge in [0, 0.05) is 18.9 Å². The van der Waals surface area contributed by atoms with E-state index in [4.69, 9.17) is 5.11 Å². The number of benzene rings is 1. The van der Waals surface area contributed by atoms with Gasteiger partial charge >= 0.3 is 12.1 Å². The Hall–Kier alpha value is -2.03. The molecule has 1 aliphatic rings. The standard InChI is InChI=1S/C16H16F5NO3/c17-10-4-8(5-11(18)14(10)16(19,20)21)2-1-3-13(23)9-6-12(15(24)25)22-7-9/h4-5,9,12,22H,1-3,6-7H2,(H,24,25). The summed E-state index contributed by atoms with van der Waals surface area (Å²) in [4.78, 5) is 22.8. The van der Waals surface area contributed by atoms with E-state index >= 15 is 0 Å². The maximum Gasteiger partial charge on any atom is 0.422 e. The predicted octanol–water partition coefficient (Wildman–Crippen LogP) is 2.94. The maximum absolute atomic E-state index is 13.5. The zero-order chi connectivity index (χ0) is 18.8. The average Bonchev–Trinajstić information content (AvgIpc) is 2.94. The molecule has 0 bridgehead atoms. The van der Waals surface area contributed by atoms with Crippen LogP contribution < -0.4 is 5.32 Å². The van der Waals surface area contributed by atoms with Crippen LogP contribution in [-0.4, -0.2) is 29.4 Å². The number of aryl methyl sites for hydroxylation is 1. The number of alkyl halides is 3. The third kappa shape index (κ3) is 4.75. The van der Waals surface area contributed by atoms with Crippen LogP contribution in [0.15, 0.2) is 12.1 Å². The van der Waals surface area contributed by atoms with Crippen molar-refractivity contribution in [2.45, 2.75) is 37.9 Å². The normalized spacial score (nSPS) is 20.7. The fourth-order valence-electron chi connectivity index (χ4n) is 2.88. The minimum atomic E-state index is -5.11. The smallest absolute Gasteiger partial charge is 0.422 e. The molecule has 1 aliphatic heterocycles. The zero-order valence-electron chi connectivity index (χ0n) is 13.0. The quantitative estimate of drug-likeness (QED) is 0.761. The van der Waals surface area contributed by atoms with Gasteiger partial charge in [-0.3, -0.25) is 9.59 Å². The Morgan fingerprint density at radius 2 is 1.80 bits per heavy atom. The lowest BCUT2D eigenvalue weighted by molar-refractivity contribution is -0.142. The lowest BCUT2D eigenvalue weighted by Crippen LogP contribution is -2.29. The summed E-state index contributed by atoms with van der Waals surface area (Å²) >= 11 is 0. The summed E-state index contributed by atoms with van der Waals surface area (Å²) in [5.41, 5.74) is -1.90. The molecule has 2 atom stereocenters. The number of halogens is 5. The van der Waals surface area contributed by atoms with Gasteiger partial charge in [-0.05, 0) is 37.0 Å². The Morgan fingerprint density at radius 1 is 1.20 bits per heavy atom. The second-order valence-electron chi connectivity index (χ2n) is 5.98. The first-order valence-corrected chi connectivity index (χ1v) is 7.63. The highest BCUT2D eigenvalue weighted by Crippen LogP contribution is 2.34. The van der Waals surface area contributed by atoms with Crippen molar-refractivity contribution in [3.8, 4) is 0 Å². The molecule has 138 valence electrons. The fraction of sp³-hybridized carbons (Fsp3) is 0.500. The van der Waals surface area contributed by atoms with E-state index in [0.717, 1.165) is 0 Å². The predicted molar refractivity (Wildman–Crippen MR) is 76.8 cm³/mol. The number of carbonyl (C=O) groups excluding carboxylic acids is 1. The van der Waals surface area contributed by atoms with E-state index in [-0.39, 0.29) is 43.6 Å². The maximum atomic E-state index is 13.5. The number of hydrogen-bond acceptors (Lipinski definition) is 3. The van der Waals surface area contributed by atoms with E-state index in [1.807, 2.05) is 0 Å². The number of carboxylic acid groups (broad SMARTS) is 1. The highest BCUT2D eigenvalue weighted by atomic mass is 19.4. The molecular formula is C16H16F5NO3. The molecule has 25 heavy (non-hydrogen) atoms. The molecule has 2 rings (SSSR count). The van der Waals surface area contributed by atoms with Crippen LogP contribution in [0.1, 0.15) is 30.4 Å². The number of ketones is 1. The first-order valence-electron chi connectivity index (χ1n) is 7.63. The third-order valence-corrected chi connectivity index (χ3v) is 4.16. The van der Waals surface area contributed by atoms with Crippen molar-refractivity contribution in [2.75, 3.05) is 6.54 Å². The van der Waals surface area contributed by atoms with Crippen molar-refractivity contribution < 1.29 is 36.6 Å². The summed E-state index contributed by atoms with van der Waals surface area (Å²) in [6.45, 7) is 0.249. The van der Waals surface area contributed by atoms with Crippen LogP contribution >= 0.6 is 0 Å². The van der Waals surface area contributed by atoms with Crippen molar-refractivity contribution in [3.63, 3.8) is 0 Å². The number of carboxylic acids is 1. The summed E-state index contributed by atoms with van der Waals surface area (Å²) in [6, 6.07) is 0.467. The van der Waals surface area contributed by atoms with Gasteiger partial charge in [0.1, 0.15) is 29.0 Å². The van der Waals surface area contributed by atoms with Crippen LogP contribution in [0.5, 0.6) is 0 Å². The molecule has 1 aromatic carbocycles. The minimum absolute atomic E-state index is 0.0313. The van der Waals surface area contributed by atoms with Gasteiger partial charge in [0.25, 0.3) is 0 Å². The van der Waals surface area contributed by atoms with Gasteiger partial charge in [-0.2, -0.15) is 13.2 Å². The molecule has 2 N–H and O–H groups in total. The second-order valence-corrected chi connectivity index (χ2v) is 5.98. The van der Waals surface area contributed by atoms with Gasteiger partial charge in [-0.1, -0.05) is 0 Å². The summed E-state index contributed by atoms with van der Waals surface area (Å²) < 4.78 is 64.4. The fourth-order valence-corrected chi connectivity index (χ4v) is 2.88. The van der Waals surface area contributed by atoms with Crippen molar-refractivity contribution >= 4 is 11.8 Å². The highest BCUT2D eigenvalue weighted by Gasteiger charge is 2.38. The van der Waals surface area contributed by atoms with E-state index in [2.05, 4.69) is 5.32 Å². The van der Waals surface area contributed by atoms with E-state index in [9.17, 15) is 31.5 Å². The van der Waals surface area contributed by atoms with E-state index < -0.39 is 41.3 Å². The summed E-state index contributed by atoms with van der Waals surface area (Å²) in [5, 5.41) is 11.5. The lowest BCUT2D eigenvalue weighted by Gasteiger charge is -2.11. The molecule has 1 heterocycles. The largest absolute Gasteiger partial charge is 0.480 e. The number of Topliss-reactive ketones (excluding diaryl/α,β-unsaturated/α-hetero) is 1. The second kappa shape index (κ2) is 7.47. The SMILES string of the molecule is O=C(CCCc1cc(F)c(C(F)(F)F)c(F)c1)C1CNC(C(=O)O)C1. The molecular weight excluding hydrogens is 349 g/mol. The Kier molecular flexibility index (Phi) is 5.76. The van der Waals surface area contributed by atoms with Crippen LogP contribution in [0.2, 0.25) is 0 Å². The van der Waals surface area contributed by atoms with Crippen molar-refractivity contribution in [1.82, 2.24) is 5.32 Å². The molecule has 4 nitrogen and oxygen atoms in total. The number of carbonyl (C=O) groups is 2. The first-order chi connectivity index (χ1) is 11.6. The van der Waals surface area contributed by atoms with E-state index in [1.165, 1.54) is 0 Å². The van der Waals surface area contributed by atoms with Gasteiger partial charge in [0.05, 0.1) is 0 Å². The Bertz CT molecular complexity index is 651. The lowest BCUT2D eigenvalue weighted by atomic mass is 9.95. The van der Waals surface area contributed by atoms with Crippen LogP contribution in [0.4, 0.5) is 22.0 Å². The Balaban J connectivity index is 1.90. The third-order valence-electron chi connectivity index (χ3n) is 4.16. The molecule has 1 fully saturated rings. The highest BCUT2D eigenvalue weighted by molar-refractivity contribution is 5.83. The topological polar surface area (TPSA) is 66.4 Å². The average molecular weight is 365 g/mol. The summed E-state index contributed by atoms with van der Waals surface area (Å²) in [5.74, 6) is -5.02. The number of hydrogen-bond donors (Lipinski definition) is 2. The molecule has 9 heteroatoms. The molecule has 1 saturated heterocycles. The van der Waals surface area contributed by atoms with E-state index in [0.29, 0.717) is 12.1 Å². The number of rotatable bonds is 6. The molecule has 1 aromatic rings. The van der Waals surface area contributed by atoms with Crippen molar-refractivity contribution in [2.24, 2.45) is 5.92 Å². The zero-order valence-corrected chi connectivity index (χ0v) is 13.0. The summed E-state index contributed by atoms with van der Waals surface area (Å²) in [6.07, 6.45) is -4.63. The Morgan fingerprint density at radius 3 is 2.28 bits per heavy atom. The Labute approximate surface area is 140 Å². The number of nitrogens with one attached hydrogen (secondary N) is 1. The minimum Gasteiger partial charge on any atom is -0.480 e. The van der Waals surface area contributed by atoms with Gasteiger partial charge in [-0.15, -0.1) is 0 Å². The van der Waals surface area contributed by atoms with Crippen molar-refractivity contribution in [1.29, 1.82) is 0 Å². The molecule has 0 amide bonds. The van der Waals surface area contributed by atoms with Gasteiger partial charge in [0.15, 0.2) is 0 Å². The van der Waals surface area contributed by atoms with E-state index in [1.54, 1.807) is 0 Å². The monoisotopic (exact) mass is 365 g/mol. The molecule has 2 unspecified atom stereocenters. The molecule has 0 aromatic heterocycles. The summed E-state index contributed by atoms with van der Waals surface area (Å²) in [7, 11) is 0. The van der Waals surface area contributed by atoms with Crippen molar-refractivity contribution in [3.05, 3.63) is 34.9 Å². The van der Waals surface area contributed by atoms with Crippen LogP contribution in [0.25, 0.3) is 0 Å². The molecule has 0 aliphatic carbocycles. The van der Waals surface area contributed by atoms with Gasteiger partial charge in [-0.25, -0.2) is 8.78 Å². The molecule has 0 radical (unpaired) electrons. The van der Waals surface area contributed by atoms with Crippen LogP contribution in [0, 0.1) is 17.6 Å². The van der Waals surface area contributed by atoms with Crippen LogP contribution in [-0.2, 0) is 22.2 Å². The van der Waals surface area contributed by atoms with Gasteiger partial charge < -0.3 is 10.4 Å². The first kappa shape index (κ1) is 19.3.